The highest BCUT2D eigenvalue weighted by molar-refractivity contribution is 9.10. The van der Waals surface area contributed by atoms with Crippen molar-refractivity contribution in [1.82, 2.24) is 4.98 Å². The van der Waals surface area contributed by atoms with Crippen LogP contribution in [0.25, 0.3) is 10.8 Å². The molecule has 4 rings (SSSR count). The lowest BCUT2D eigenvalue weighted by Crippen LogP contribution is -2.26. The van der Waals surface area contributed by atoms with Crippen molar-refractivity contribution >= 4 is 56.2 Å². The first kappa shape index (κ1) is 22.5. The zero-order valence-corrected chi connectivity index (χ0v) is 18.0. The lowest BCUT2D eigenvalue weighted by atomic mass is 10.1. The number of halogens is 5. The van der Waals surface area contributed by atoms with Gasteiger partial charge in [-0.05, 0) is 58.7 Å². The Bertz CT molecular complexity index is 1120. The van der Waals surface area contributed by atoms with Gasteiger partial charge < -0.3 is 20.9 Å². The van der Waals surface area contributed by atoms with Gasteiger partial charge in [-0.15, -0.1) is 12.4 Å². The number of pyridine rings is 1. The summed E-state index contributed by atoms with van der Waals surface area (Å²) in [6.07, 6.45) is -1.95. The summed E-state index contributed by atoms with van der Waals surface area (Å²) in [6.45, 7) is 1.50. The van der Waals surface area contributed by atoms with Gasteiger partial charge in [-0.25, -0.2) is 0 Å². The summed E-state index contributed by atoms with van der Waals surface area (Å²) in [5, 5.41) is 4.23. The summed E-state index contributed by atoms with van der Waals surface area (Å²) in [5.74, 6) is 0. The highest BCUT2D eigenvalue weighted by Gasteiger charge is 2.30. The maximum Gasteiger partial charge on any atom is 0.416 e. The molecule has 0 saturated carbocycles. The van der Waals surface area contributed by atoms with E-state index in [1.165, 1.54) is 12.1 Å². The van der Waals surface area contributed by atoms with E-state index in [1.807, 2.05) is 12.1 Å². The van der Waals surface area contributed by atoms with E-state index in [9.17, 15) is 18.0 Å². The minimum absolute atomic E-state index is 0. The molecule has 1 aromatic heterocycles. The molecular formula is C20H19BrClF3N4O. The zero-order chi connectivity index (χ0) is 20.8. The molecule has 0 bridgehead atoms. The number of hydrogen-bond acceptors (Lipinski definition) is 4. The summed E-state index contributed by atoms with van der Waals surface area (Å²) in [7, 11) is 0. The largest absolute Gasteiger partial charge is 0.416 e. The number of benzene rings is 2. The molecule has 3 aromatic rings. The van der Waals surface area contributed by atoms with Gasteiger partial charge in [0.1, 0.15) is 0 Å². The molecule has 1 saturated heterocycles. The molecule has 1 unspecified atom stereocenters. The van der Waals surface area contributed by atoms with Gasteiger partial charge in [0.25, 0.3) is 5.56 Å². The SMILES string of the molecule is Cl.NC1CCN(c2cc(Nc3ccc(C(F)(F)F)cc3)c3c(=O)[nH]cc(Br)c3c2)C1. The van der Waals surface area contributed by atoms with Crippen molar-refractivity contribution in [3.8, 4) is 0 Å². The zero-order valence-electron chi connectivity index (χ0n) is 15.6. The Morgan fingerprint density at radius 3 is 2.50 bits per heavy atom. The van der Waals surface area contributed by atoms with Crippen LogP contribution in [-0.4, -0.2) is 24.1 Å². The molecule has 2 aromatic carbocycles. The van der Waals surface area contributed by atoms with Gasteiger partial charge in [-0.1, -0.05) is 0 Å². The van der Waals surface area contributed by atoms with Crippen LogP contribution in [0.4, 0.5) is 30.2 Å². The molecule has 160 valence electrons. The summed E-state index contributed by atoms with van der Waals surface area (Å²) in [4.78, 5) is 17.3. The lowest BCUT2D eigenvalue weighted by Gasteiger charge is -2.21. The first-order valence-corrected chi connectivity index (χ1v) is 9.81. The van der Waals surface area contributed by atoms with Crippen LogP contribution in [-0.2, 0) is 6.18 Å². The number of aromatic amines is 1. The second-order valence-electron chi connectivity index (χ2n) is 7.08. The van der Waals surface area contributed by atoms with Gasteiger partial charge in [0.05, 0.1) is 16.6 Å². The molecule has 1 fully saturated rings. The molecular weight excluding hydrogens is 485 g/mol. The number of nitrogens with two attached hydrogens (primary N) is 1. The molecule has 1 aliphatic heterocycles. The Balaban J connectivity index is 0.00000256. The van der Waals surface area contributed by atoms with Gasteiger partial charge in [-0.2, -0.15) is 13.2 Å². The summed E-state index contributed by atoms with van der Waals surface area (Å²) >= 11 is 3.47. The van der Waals surface area contributed by atoms with Crippen LogP contribution in [0.15, 0.2) is 51.9 Å². The molecule has 10 heteroatoms. The monoisotopic (exact) mass is 502 g/mol. The van der Waals surface area contributed by atoms with E-state index in [1.54, 1.807) is 6.20 Å². The van der Waals surface area contributed by atoms with E-state index in [4.69, 9.17) is 5.73 Å². The van der Waals surface area contributed by atoms with Gasteiger partial charge in [0, 0.05) is 46.6 Å². The predicted molar refractivity (Wildman–Crippen MR) is 119 cm³/mol. The van der Waals surface area contributed by atoms with Crippen molar-refractivity contribution in [3.05, 3.63) is 63.0 Å². The average molecular weight is 504 g/mol. The minimum atomic E-state index is -4.40. The highest BCUT2D eigenvalue weighted by atomic mass is 79.9. The highest BCUT2D eigenvalue weighted by Crippen LogP contribution is 2.35. The topological polar surface area (TPSA) is 74.2 Å². The third-order valence-electron chi connectivity index (χ3n) is 5.02. The molecule has 0 amide bonds. The van der Waals surface area contributed by atoms with Crippen LogP contribution in [0, 0.1) is 0 Å². The summed E-state index contributed by atoms with van der Waals surface area (Å²) in [5.41, 5.74) is 6.87. The fraction of sp³-hybridized carbons (Fsp3) is 0.250. The molecule has 0 spiro atoms. The number of H-pyrrole nitrogens is 1. The number of fused-ring (bicyclic) bond motifs is 1. The lowest BCUT2D eigenvalue weighted by molar-refractivity contribution is -0.137. The van der Waals surface area contributed by atoms with Crippen LogP contribution in [0.2, 0.25) is 0 Å². The number of anilines is 3. The predicted octanol–water partition coefficient (Wildman–Crippen LogP) is 5.01. The smallest absolute Gasteiger partial charge is 0.370 e. The molecule has 1 atom stereocenters. The van der Waals surface area contributed by atoms with Crippen molar-refractivity contribution in [2.45, 2.75) is 18.6 Å². The Labute approximate surface area is 185 Å². The van der Waals surface area contributed by atoms with E-state index in [-0.39, 0.29) is 24.0 Å². The van der Waals surface area contributed by atoms with Crippen LogP contribution >= 0.6 is 28.3 Å². The van der Waals surface area contributed by atoms with Crippen LogP contribution in [0.1, 0.15) is 12.0 Å². The fourth-order valence-corrected chi connectivity index (χ4v) is 3.97. The van der Waals surface area contributed by atoms with Crippen LogP contribution < -0.4 is 21.5 Å². The van der Waals surface area contributed by atoms with Gasteiger partial charge in [-0.3, -0.25) is 4.79 Å². The molecule has 5 nitrogen and oxygen atoms in total. The van der Waals surface area contributed by atoms with Crippen LogP contribution in [0.3, 0.4) is 0 Å². The standard InChI is InChI=1S/C20H18BrF3N4O.ClH/c21-16-9-26-19(29)18-15(16)7-14(28-6-5-12(25)10-28)8-17(18)27-13-3-1-11(2-4-13)20(22,23)24;/h1-4,7-9,12,27H,5-6,10,25H2,(H,26,29);1H. The summed E-state index contributed by atoms with van der Waals surface area (Å²) < 4.78 is 39.2. The first-order valence-electron chi connectivity index (χ1n) is 9.02. The van der Waals surface area contributed by atoms with E-state index < -0.39 is 11.7 Å². The Morgan fingerprint density at radius 1 is 1.20 bits per heavy atom. The summed E-state index contributed by atoms with van der Waals surface area (Å²) in [6, 6.07) is 8.55. The average Bonchev–Trinajstić information content (AvgIpc) is 3.10. The Hall–Kier alpha value is -2.23. The van der Waals surface area contributed by atoms with E-state index in [0.717, 1.165) is 30.8 Å². The molecule has 4 N–H and O–H groups in total. The van der Waals surface area contributed by atoms with Gasteiger partial charge >= 0.3 is 6.18 Å². The number of rotatable bonds is 3. The molecule has 2 heterocycles. The molecule has 30 heavy (non-hydrogen) atoms. The third kappa shape index (κ3) is 4.43. The van der Waals surface area contributed by atoms with Crippen molar-refractivity contribution in [3.63, 3.8) is 0 Å². The van der Waals surface area contributed by atoms with Crippen molar-refractivity contribution in [2.24, 2.45) is 5.73 Å². The number of alkyl halides is 3. The maximum atomic E-state index is 12.8. The van der Waals surface area contributed by atoms with Crippen molar-refractivity contribution < 1.29 is 13.2 Å². The molecule has 0 aliphatic carbocycles. The second kappa shape index (κ2) is 8.49. The van der Waals surface area contributed by atoms with Crippen molar-refractivity contribution in [2.75, 3.05) is 23.3 Å². The van der Waals surface area contributed by atoms with Gasteiger partial charge in [0.2, 0.25) is 0 Å². The van der Waals surface area contributed by atoms with E-state index in [0.29, 0.717) is 33.2 Å². The number of aromatic nitrogens is 1. The number of nitrogens with zero attached hydrogens (tertiary/aromatic N) is 1. The van der Waals surface area contributed by atoms with Crippen molar-refractivity contribution in [1.29, 1.82) is 0 Å². The minimum Gasteiger partial charge on any atom is -0.370 e. The Morgan fingerprint density at radius 2 is 1.90 bits per heavy atom. The normalized spacial score (nSPS) is 16.6. The number of hydrogen-bond donors (Lipinski definition) is 3. The van der Waals surface area contributed by atoms with E-state index >= 15 is 0 Å². The van der Waals surface area contributed by atoms with Crippen LogP contribution in [0.5, 0.6) is 0 Å². The molecule has 0 radical (unpaired) electrons. The first-order chi connectivity index (χ1) is 13.7. The van der Waals surface area contributed by atoms with Gasteiger partial charge in [0.15, 0.2) is 0 Å². The number of nitrogens with one attached hydrogen (secondary N) is 2. The van der Waals surface area contributed by atoms with E-state index in [2.05, 4.69) is 31.1 Å². The fourth-order valence-electron chi connectivity index (χ4n) is 3.54. The molecule has 1 aliphatic rings. The quantitative estimate of drug-likeness (QED) is 0.470. The maximum absolute atomic E-state index is 12.8. The second-order valence-corrected chi connectivity index (χ2v) is 7.93. The third-order valence-corrected chi connectivity index (χ3v) is 5.67. The Kier molecular flexibility index (Phi) is 6.35.